The van der Waals surface area contributed by atoms with E-state index in [1.165, 1.54) is 24.3 Å². The van der Waals surface area contributed by atoms with Crippen LogP contribution in [-0.2, 0) is 5.92 Å². The van der Waals surface area contributed by atoms with E-state index in [9.17, 15) is 18.7 Å². The highest BCUT2D eigenvalue weighted by Crippen LogP contribution is 2.29. The monoisotopic (exact) mass is 268 g/mol. The van der Waals surface area contributed by atoms with Crippen molar-refractivity contribution in [2.75, 3.05) is 0 Å². The first kappa shape index (κ1) is 13.0. The molecular weight excluding hydrogens is 258 g/mol. The van der Waals surface area contributed by atoms with Gasteiger partial charge in [-0.3, -0.25) is 0 Å². The van der Waals surface area contributed by atoms with Crippen molar-refractivity contribution >= 4 is 5.97 Å². The number of aromatic hydroxyl groups is 1. The normalized spacial score (nSPS) is 11.5. The molecule has 0 fully saturated rings. The van der Waals surface area contributed by atoms with Gasteiger partial charge >= 0.3 is 5.97 Å². The second kappa shape index (κ2) is 4.34. The van der Waals surface area contributed by atoms with Gasteiger partial charge in [0.05, 0.1) is 11.3 Å². The summed E-state index contributed by atoms with van der Waals surface area (Å²) >= 11 is 0. The third-order valence-corrected chi connectivity index (χ3v) is 2.48. The number of benzene rings is 1. The highest BCUT2D eigenvalue weighted by molar-refractivity contribution is 5.88. The molecule has 1 aromatic heterocycles. The molecule has 0 aliphatic heterocycles. The van der Waals surface area contributed by atoms with Gasteiger partial charge in [0.25, 0.3) is 5.92 Å². The number of nitrogens with zero attached hydrogens (tertiary/aromatic N) is 2. The van der Waals surface area contributed by atoms with Crippen LogP contribution in [0.25, 0.3) is 5.69 Å². The number of carboxylic acid groups (broad SMARTS) is 1. The largest absolute Gasteiger partial charge is 0.493 e. The van der Waals surface area contributed by atoms with Gasteiger partial charge in [0.2, 0.25) is 5.88 Å². The maximum atomic E-state index is 13.1. The second-order valence-electron chi connectivity index (χ2n) is 4.04. The Bertz CT molecular complexity index is 632. The van der Waals surface area contributed by atoms with Crippen LogP contribution in [0.3, 0.4) is 0 Å². The Hall–Kier alpha value is -2.44. The summed E-state index contributed by atoms with van der Waals surface area (Å²) in [5.74, 6) is -4.83. The average molecular weight is 268 g/mol. The summed E-state index contributed by atoms with van der Waals surface area (Å²) in [7, 11) is 0. The van der Waals surface area contributed by atoms with Crippen molar-refractivity contribution in [3.63, 3.8) is 0 Å². The van der Waals surface area contributed by atoms with Crippen molar-refractivity contribution in [1.29, 1.82) is 0 Å². The van der Waals surface area contributed by atoms with Gasteiger partial charge in [0.1, 0.15) is 5.69 Å². The van der Waals surface area contributed by atoms with Crippen molar-refractivity contribution in [3.05, 3.63) is 41.6 Å². The molecule has 0 saturated heterocycles. The van der Waals surface area contributed by atoms with Crippen LogP contribution >= 0.6 is 0 Å². The number of rotatable bonds is 3. The molecule has 2 rings (SSSR count). The van der Waals surface area contributed by atoms with E-state index >= 15 is 0 Å². The first-order valence-electron chi connectivity index (χ1n) is 5.30. The molecule has 2 N–H and O–H groups in total. The molecule has 2 aromatic rings. The van der Waals surface area contributed by atoms with Crippen LogP contribution in [-0.4, -0.2) is 26.0 Å². The molecule has 0 radical (unpaired) electrons. The lowest BCUT2D eigenvalue weighted by molar-refractivity contribution is 0.0124. The van der Waals surface area contributed by atoms with Crippen LogP contribution in [0.1, 0.15) is 23.0 Å². The number of hydrogen-bond donors (Lipinski definition) is 2. The Morgan fingerprint density at radius 3 is 2.58 bits per heavy atom. The molecule has 0 atom stereocenters. The van der Waals surface area contributed by atoms with Crippen molar-refractivity contribution in [3.8, 4) is 11.6 Å². The zero-order valence-electron chi connectivity index (χ0n) is 9.84. The van der Waals surface area contributed by atoms with E-state index in [0.717, 1.165) is 10.7 Å². The van der Waals surface area contributed by atoms with Gasteiger partial charge in [0.15, 0.2) is 0 Å². The molecule has 0 spiro atoms. The van der Waals surface area contributed by atoms with Gasteiger partial charge in [0, 0.05) is 13.0 Å². The maximum Gasteiger partial charge on any atom is 0.335 e. The predicted octanol–water partition coefficient (Wildman–Crippen LogP) is 2.39. The lowest BCUT2D eigenvalue weighted by Crippen LogP contribution is -2.09. The fraction of sp³-hybridized carbons (Fsp3) is 0.167. The Kier molecular flexibility index (Phi) is 2.97. The van der Waals surface area contributed by atoms with Crippen LogP contribution < -0.4 is 0 Å². The molecule has 1 aromatic carbocycles. The number of halogens is 2. The van der Waals surface area contributed by atoms with Gasteiger partial charge in [-0.2, -0.15) is 13.9 Å². The zero-order valence-corrected chi connectivity index (χ0v) is 9.84. The van der Waals surface area contributed by atoms with E-state index in [4.69, 9.17) is 5.11 Å². The molecule has 0 unspecified atom stereocenters. The molecule has 1 heterocycles. The van der Waals surface area contributed by atoms with Crippen molar-refractivity contribution in [2.24, 2.45) is 0 Å². The minimum atomic E-state index is -3.19. The standard InChI is InChI=1S/C12H10F2N2O3/c1-12(13,14)9-6-10(17)16(15-9)8-4-2-3-7(5-8)11(18)19/h2-6,17H,1H3,(H,18,19). The van der Waals surface area contributed by atoms with Gasteiger partial charge in [-0.25, -0.2) is 9.48 Å². The van der Waals surface area contributed by atoms with Gasteiger partial charge in [-0.1, -0.05) is 6.07 Å². The summed E-state index contributed by atoms with van der Waals surface area (Å²) in [6, 6.07) is 6.31. The minimum Gasteiger partial charge on any atom is -0.493 e. The second-order valence-corrected chi connectivity index (χ2v) is 4.04. The van der Waals surface area contributed by atoms with Crippen LogP contribution in [0, 0.1) is 0 Å². The lowest BCUT2D eigenvalue weighted by Gasteiger charge is -2.06. The lowest BCUT2D eigenvalue weighted by atomic mass is 10.2. The molecule has 100 valence electrons. The molecule has 0 amide bonds. The number of aromatic nitrogens is 2. The molecule has 0 saturated carbocycles. The Balaban J connectivity index is 2.50. The third kappa shape index (κ3) is 2.54. The first-order valence-corrected chi connectivity index (χ1v) is 5.30. The third-order valence-electron chi connectivity index (χ3n) is 2.48. The molecule has 5 nitrogen and oxygen atoms in total. The highest BCUT2D eigenvalue weighted by atomic mass is 19.3. The van der Waals surface area contributed by atoms with Crippen LogP contribution in [0.5, 0.6) is 5.88 Å². The number of aromatic carboxylic acids is 1. The summed E-state index contributed by atoms with van der Waals surface area (Å²) in [5.41, 5.74) is -0.434. The Morgan fingerprint density at radius 2 is 2.05 bits per heavy atom. The van der Waals surface area contributed by atoms with E-state index in [1.807, 2.05) is 0 Å². The summed E-state index contributed by atoms with van der Waals surface area (Å²) in [4.78, 5) is 10.8. The highest BCUT2D eigenvalue weighted by Gasteiger charge is 2.29. The maximum absolute atomic E-state index is 13.1. The first-order chi connectivity index (χ1) is 8.79. The molecule has 7 heteroatoms. The Labute approximate surface area is 106 Å². The van der Waals surface area contributed by atoms with Gasteiger partial charge < -0.3 is 10.2 Å². The number of carbonyl (C=O) groups is 1. The zero-order chi connectivity index (χ0) is 14.2. The minimum absolute atomic E-state index is 0.0304. The van der Waals surface area contributed by atoms with E-state index in [2.05, 4.69) is 5.10 Å². The van der Waals surface area contributed by atoms with Gasteiger partial charge in [-0.15, -0.1) is 0 Å². The van der Waals surface area contributed by atoms with Crippen molar-refractivity contribution < 1.29 is 23.8 Å². The predicted molar refractivity (Wildman–Crippen MR) is 61.8 cm³/mol. The van der Waals surface area contributed by atoms with E-state index in [0.29, 0.717) is 6.92 Å². The summed E-state index contributed by atoms with van der Waals surface area (Å²) in [6.07, 6.45) is 0. The SMILES string of the molecule is CC(F)(F)c1cc(O)n(-c2cccc(C(=O)O)c2)n1. The van der Waals surface area contributed by atoms with Crippen LogP contribution in [0.4, 0.5) is 8.78 Å². The number of carboxylic acids is 1. The van der Waals surface area contributed by atoms with Crippen molar-refractivity contribution in [1.82, 2.24) is 9.78 Å². The van der Waals surface area contributed by atoms with Crippen molar-refractivity contribution in [2.45, 2.75) is 12.8 Å². The molecule has 0 bridgehead atoms. The smallest absolute Gasteiger partial charge is 0.335 e. The fourth-order valence-electron chi connectivity index (χ4n) is 1.55. The van der Waals surface area contributed by atoms with E-state index < -0.39 is 23.5 Å². The fourth-order valence-corrected chi connectivity index (χ4v) is 1.55. The van der Waals surface area contributed by atoms with E-state index in [1.54, 1.807) is 0 Å². The Morgan fingerprint density at radius 1 is 1.37 bits per heavy atom. The summed E-state index contributed by atoms with van der Waals surface area (Å²) in [6.45, 7) is 0.660. The van der Waals surface area contributed by atoms with Gasteiger partial charge in [-0.05, 0) is 18.2 Å². The topological polar surface area (TPSA) is 75.4 Å². The number of alkyl halides is 2. The number of hydrogen-bond acceptors (Lipinski definition) is 3. The summed E-state index contributed by atoms with van der Waals surface area (Å²) < 4.78 is 27.0. The van der Waals surface area contributed by atoms with E-state index in [-0.39, 0.29) is 11.3 Å². The average Bonchev–Trinajstić information content (AvgIpc) is 2.71. The van der Waals surface area contributed by atoms with Crippen LogP contribution in [0.15, 0.2) is 30.3 Å². The summed E-state index contributed by atoms with van der Waals surface area (Å²) in [5, 5.41) is 22.0. The molecule has 0 aliphatic carbocycles. The molecule has 0 aliphatic rings. The quantitative estimate of drug-likeness (QED) is 0.896. The molecular formula is C12H10F2N2O3. The van der Waals surface area contributed by atoms with Crippen LogP contribution in [0.2, 0.25) is 0 Å². The molecule has 19 heavy (non-hydrogen) atoms.